The van der Waals surface area contributed by atoms with E-state index < -0.39 is 18.0 Å². The molecule has 2 aromatic carbocycles. The number of pyridine rings is 1. The number of hydrogen-bond acceptors (Lipinski definition) is 3. The number of aryl methyl sites for hydroxylation is 2. The highest BCUT2D eigenvalue weighted by atomic mass is 35.5. The number of alkyl halides is 3. The minimum Gasteiger partial charge on any atom is -0.269 e. The fourth-order valence-corrected chi connectivity index (χ4v) is 3.75. The number of benzene rings is 2. The Balaban J connectivity index is 1.70. The Kier molecular flexibility index (Phi) is 8.36. The van der Waals surface area contributed by atoms with Gasteiger partial charge in [0.1, 0.15) is 11.8 Å². The van der Waals surface area contributed by atoms with Crippen molar-refractivity contribution in [1.29, 1.82) is 0 Å². The van der Waals surface area contributed by atoms with E-state index in [1.54, 1.807) is 44.2 Å². The zero-order valence-corrected chi connectivity index (χ0v) is 19.8. The fourth-order valence-electron chi connectivity index (χ4n) is 3.34. The van der Waals surface area contributed by atoms with E-state index in [2.05, 4.69) is 10.5 Å². The number of hydrogen-bond donors (Lipinski definition) is 1. The summed E-state index contributed by atoms with van der Waals surface area (Å²) in [4.78, 5) is 21.5. The number of aromatic nitrogens is 1. The number of carbonyl (C=O) groups is 1. The van der Waals surface area contributed by atoms with Crippen LogP contribution in [-0.2, 0) is 11.4 Å². The summed E-state index contributed by atoms with van der Waals surface area (Å²) in [6, 6.07) is 12.4. The first kappa shape index (κ1) is 25.7. The first-order valence-corrected chi connectivity index (χ1v) is 10.9. The summed E-state index contributed by atoms with van der Waals surface area (Å²) in [6.07, 6.45) is -0.491. The van der Waals surface area contributed by atoms with Crippen molar-refractivity contribution in [2.75, 3.05) is 0 Å². The fraction of sp³-hybridized carbons (Fsp3) is 0.200. The number of amides is 1. The van der Waals surface area contributed by atoms with Gasteiger partial charge in [-0.05, 0) is 65.9 Å². The van der Waals surface area contributed by atoms with E-state index in [1.807, 2.05) is 0 Å². The summed E-state index contributed by atoms with van der Waals surface area (Å²) in [5.41, 5.74) is 5.22. The van der Waals surface area contributed by atoms with Crippen molar-refractivity contribution in [2.24, 2.45) is 0 Å². The number of hydroxylamine groups is 1. The van der Waals surface area contributed by atoms with Gasteiger partial charge in [-0.15, -0.1) is 0 Å². The summed E-state index contributed by atoms with van der Waals surface area (Å²) >= 11 is 11.7. The predicted molar refractivity (Wildman–Crippen MR) is 127 cm³/mol. The van der Waals surface area contributed by atoms with E-state index in [1.165, 1.54) is 30.5 Å². The minimum absolute atomic E-state index is 0.0644. The van der Waals surface area contributed by atoms with Crippen molar-refractivity contribution < 1.29 is 22.8 Å². The van der Waals surface area contributed by atoms with E-state index in [9.17, 15) is 18.0 Å². The molecular formula is C25H21Cl2F3N2O2. The molecule has 3 rings (SSSR count). The molecule has 34 heavy (non-hydrogen) atoms. The lowest BCUT2D eigenvalue weighted by molar-refractivity contribution is -0.139. The van der Waals surface area contributed by atoms with Gasteiger partial charge in [0.25, 0.3) is 5.91 Å². The quantitative estimate of drug-likeness (QED) is 0.270. The van der Waals surface area contributed by atoms with Gasteiger partial charge in [-0.3, -0.25) is 9.63 Å². The normalized spacial score (nSPS) is 12.7. The predicted octanol–water partition coefficient (Wildman–Crippen LogP) is 7.23. The molecule has 1 N–H and O–H groups in total. The number of nitrogens with zero attached hydrogens (tertiary/aromatic N) is 1. The Labute approximate surface area is 205 Å². The maximum Gasteiger partial charge on any atom is 0.399 e. The van der Waals surface area contributed by atoms with E-state index in [4.69, 9.17) is 28.0 Å². The van der Waals surface area contributed by atoms with Crippen LogP contribution in [0.2, 0.25) is 10.2 Å². The largest absolute Gasteiger partial charge is 0.399 e. The maximum absolute atomic E-state index is 13.7. The third-order valence-electron chi connectivity index (χ3n) is 4.94. The molecule has 0 bridgehead atoms. The van der Waals surface area contributed by atoms with Gasteiger partial charge in [0.05, 0.1) is 5.92 Å². The molecule has 0 saturated heterocycles. The molecule has 0 saturated carbocycles. The molecule has 0 aliphatic rings. The Morgan fingerprint density at radius 2 is 1.88 bits per heavy atom. The monoisotopic (exact) mass is 508 g/mol. The lowest BCUT2D eigenvalue weighted by Gasteiger charge is -2.18. The lowest BCUT2D eigenvalue weighted by atomic mass is 9.95. The second-order valence-electron chi connectivity index (χ2n) is 7.72. The van der Waals surface area contributed by atoms with Crippen LogP contribution in [0.1, 0.15) is 44.1 Å². The molecule has 178 valence electrons. The average Bonchev–Trinajstić information content (AvgIpc) is 2.73. The molecule has 9 heteroatoms. The highest BCUT2D eigenvalue weighted by molar-refractivity contribution is 6.30. The lowest BCUT2D eigenvalue weighted by Crippen LogP contribution is -2.24. The Morgan fingerprint density at radius 1 is 1.12 bits per heavy atom. The smallest absolute Gasteiger partial charge is 0.269 e. The van der Waals surface area contributed by atoms with E-state index in [0.29, 0.717) is 27.4 Å². The van der Waals surface area contributed by atoms with E-state index in [-0.39, 0.29) is 17.2 Å². The zero-order valence-electron chi connectivity index (χ0n) is 18.3. The molecule has 1 aromatic heterocycles. The average molecular weight is 509 g/mol. The molecule has 4 nitrogen and oxygen atoms in total. The van der Waals surface area contributed by atoms with Crippen LogP contribution in [0, 0.1) is 13.8 Å². The Morgan fingerprint density at radius 3 is 2.50 bits per heavy atom. The molecule has 0 fully saturated rings. The van der Waals surface area contributed by atoms with Crippen molar-refractivity contribution in [3.63, 3.8) is 0 Å². The molecule has 1 amide bonds. The molecule has 0 aliphatic heterocycles. The van der Waals surface area contributed by atoms with Gasteiger partial charge in [-0.25, -0.2) is 10.5 Å². The molecule has 3 aromatic rings. The van der Waals surface area contributed by atoms with Gasteiger partial charge in [-0.2, -0.15) is 13.2 Å². The molecular weight excluding hydrogens is 488 g/mol. The van der Waals surface area contributed by atoms with Gasteiger partial charge < -0.3 is 0 Å². The second kappa shape index (κ2) is 11.0. The number of carbonyl (C=O) groups excluding carboxylic acids is 1. The molecule has 1 atom stereocenters. The van der Waals surface area contributed by atoms with Crippen LogP contribution < -0.4 is 5.48 Å². The van der Waals surface area contributed by atoms with Crippen LogP contribution in [0.15, 0.2) is 60.8 Å². The van der Waals surface area contributed by atoms with Crippen molar-refractivity contribution in [3.8, 4) is 0 Å². The number of nitrogens with one attached hydrogen (secondary N) is 1. The SMILES string of the molecule is Cc1cc(Cl)cc(C(/C=C/c2ccc(C(=O)NOCc3ccc(Cl)nc3)c(C)c2)C(F)(F)F)c1. The van der Waals surface area contributed by atoms with Gasteiger partial charge in [0, 0.05) is 16.8 Å². The molecule has 0 aliphatic carbocycles. The second-order valence-corrected chi connectivity index (χ2v) is 8.55. The maximum atomic E-state index is 13.7. The summed E-state index contributed by atoms with van der Waals surface area (Å²) < 4.78 is 41.1. The molecule has 1 unspecified atom stereocenters. The van der Waals surface area contributed by atoms with Crippen molar-refractivity contribution in [1.82, 2.24) is 10.5 Å². The Bertz CT molecular complexity index is 1180. The standard InChI is InChI=1S/C25H21Cl2F3N2O2/c1-15-9-19(12-20(26)10-15)22(25(28,29)30)7-4-17-3-6-21(16(2)11-17)24(33)32-34-14-18-5-8-23(27)31-13-18/h3-13,22H,14H2,1-2H3,(H,32,33)/b7-4+. The highest BCUT2D eigenvalue weighted by Gasteiger charge is 2.39. The minimum atomic E-state index is -4.49. The third-order valence-corrected chi connectivity index (χ3v) is 5.39. The van der Waals surface area contributed by atoms with Crippen LogP contribution in [0.3, 0.4) is 0 Å². The van der Waals surface area contributed by atoms with Gasteiger partial charge >= 0.3 is 6.18 Å². The van der Waals surface area contributed by atoms with Crippen molar-refractivity contribution in [3.05, 3.63) is 104 Å². The molecule has 0 spiro atoms. The zero-order chi connectivity index (χ0) is 24.9. The van der Waals surface area contributed by atoms with Crippen molar-refractivity contribution >= 4 is 35.2 Å². The van der Waals surface area contributed by atoms with Crippen LogP contribution in [0.4, 0.5) is 13.2 Å². The Hall–Kier alpha value is -2.87. The van der Waals surface area contributed by atoms with Gasteiger partial charge in [0.15, 0.2) is 0 Å². The third kappa shape index (κ3) is 7.06. The molecule has 1 heterocycles. The summed E-state index contributed by atoms with van der Waals surface area (Å²) in [5, 5.41) is 0.597. The van der Waals surface area contributed by atoms with Crippen LogP contribution in [0.5, 0.6) is 0 Å². The number of halogens is 5. The summed E-state index contributed by atoms with van der Waals surface area (Å²) in [7, 11) is 0. The van der Waals surface area contributed by atoms with Gasteiger partial charge in [0.2, 0.25) is 0 Å². The number of allylic oxidation sites excluding steroid dienone is 1. The molecule has 0 radical (unpaired) electrons. The van der Waals surface area contributed by atoms with E-state index >= 15 is 0 Å². The summed E-state index contributed by atoms with van der Waals surface area (Å²) in [5.74, 6) is -2.29. The first-order chi connectivity index (χ1) is 16.0. The topological polar surface area (TPSA) is 51.2 Å². The van der Waals surface area contributed by atoms with E-state index in [0.717, 1.165) is 11.6 Å². The van der Waals surface area contributed by atoms with Crippen LogP contribution in [-0.4, -0.2) is 17.1 Å². The summed E-state index contributed by atoms with van der Waals surface area (Å²) in [6.45, 7) is 3.48. The number of rotatable bonds is 7. The first-order valence-electron chi connectivity index (χ1n) is 10.2. The highest BCUT2D eigenvalue weighted by Crippen LogP contribution is 2.37. The van der Waals surface area contributed by atoms with Gasteiger partial charge in [-0.1, -0.05) is 59.6 Å². The van der Waals surface area contributed by atoms with Crippen LogP contribution in [0.25, 0.3) is 6.08 Å². The van der Waals surface area contributed by atoms with Crippen LogP contribution >= 0.6 is 23.2 Å². The van der Waals surface area contributed by atoms with Crippen molar-refractivity contribution in [2.45, 2.75) is 32.5 Å².